The van der Waals surface area contributed by atoms with Crippen molar-refractivity contribution < 1.29 is 14.8 Å². The van der Waals surface area contributed by atoms with Crippen molar-refractivity contribution in [3.05, 3.63) is 33.3 Å². The summed E-state index contributed by atoms with van der Waals surface area (Å²) in [5.41, 5.74) is 0.329. The number of nitro benzene ring substituents is 1. The van der Waals surface area contributed by atoms with Crippen molar-refractivity contribution in [3.63, 3.8) is 0 Å². The molecule has 0 aromatic heterocycles. The molecule has 1 aromatic carbocycles. The number of nitro groups is 1. The van der Waals surface area contributed by atoms with Gasteiger partial charge in [0.2, 0.25) is 0 Å². The molecule has 0 radical (unpaired) electrons. The zero-order chi connectivity index (χ0) is 14.2. The maximum Gasteiger partial charge on any atom is 0.308 e. The molecule has 1 saturated heterocycles. The molecule has 1 aromatic rings. The van der Waals surface area contributed by atoms with E-state index in [1.165, 1.54) is 6.07 Å². The van der Waals surface area contributed by atoms with Crippen LogP contribution in [0.4, 0.5) is 11.4 Å². The Labute approximate surface area is 114 Å². The highest BCUT2D eigenvalue weighted by Gasteiger charge is 2.36. The van der Waals surface area contributed by atoms with E-state index in [0.29, 0.717) is 12.2 Å². The lowest BCUT2D eigenvalue weighted by atomic mass is 9.99. The van der Waals surface area contributed by atoms with Crippen molar-refractivity contribution in [2.75, 3.05) is 18.0 Å². The number of carboxylic acids is 1. The topological polar surface area (TPSA) is 83.7 Å². The average molecular weight is 285 g/mol. The summed E-state index contributed by atoms with van der Waals surface area (Å²) in [6.45, 7) is 2.60. The fraction of sp³-hybridized carbons (Fsp3) is 0.417. The summed E-state index contributed by atoms with van der Waals surface area (Å²) in [5, 5.41) is 20.4. The number of hydrogen-bond donors (Lipinski definition) is 1. The van der Waals surface area contributed by atoms with Gasteiger partial charge in [0.05, 0.1) is 10.8 Å². The number of nitrogens with zero attached hydrogens (tertiary/aromatic N) is 2. The van der Waals surface area contributed by atoms with Crippen LogP contribution < -0.4 is 4.90 Å². The standard InChI is InChI=1S/C12H13ClN2O4/c1-7-5-14(6-9(7)12(16)17)10-3-2-8(13)4-11(10)15(18)19/h2-4,7,9H,5-6H2,1H3,(H,16,17). The maximum atomic E-state index is 11.1. The summed E-state index contributed by atoms with van der Waals surface area (Å²) in [6, 6.07) is 4.43. The quantitative estimate of drug-likeness (QED) is 0.680. The van der Waals surface area contributed by atoms with Crippen LogP contribution in [0.5, 0.6) is 0 Å². The zero-order valence-corrected chi connectivity index (χ0v) is 11.0. The summed E-state index contributed by atoms with van der Waals surface area (Å²) in [5.74, 6) is -1.42. The molecule has 102 valence electrons. The van der Waals surface area contributed by atoms with Crippen LogP contribution in [0.3, 0.4) is 0 Å². The molecule has 2 atom stereocenters. The molecule has 1 fully saturated rings. The molecule has 1 aliphatic heterocycles. The van der Waals surface area contributed by atoms with E-state index in [-0.39, 0.29) is 23.2 Å². The van der Waals surface area contributed by atoms with Crippen molar-refractivity contribution >= 4 is 28.9 Å². The van der Waals surface area contributed by atoms with Crippen molar-refractivity contribution in [2.24, 2.45) is 11.8 Å². The van der Waals surface area contributed by atoms with E-state index in [0.717, 1.165) is 0 Å². The van der Waals surface area contributed by atoms with Crippen LogP contribution in [0.1, 0.15) is 6.92 Å². The van der Waals surface area contributed by atoms with Crippen LogP contribution in [0.2, 0.25) is 5.02 Å². The van der Waals surface area contributed by atoms with Gasteiger partial charge in [0.15, 0.2) is 0 Å². The van der Waals surface area contributed by atoms with Crippen molar-refractivity contribution in [1.82, 2.24) is 0 Å². The lowest BCUT2D eigenvalue weighted by molar-refractivity contribution is -0.384. The minimum atomic E-state index is -0.869. The number of halogens is 1. The molecule has 2 rings (SSSR count). The van der Waals surface area contributed by atoms with Gasteiger partial charge in [0, 0.05) is 24.2 Å². The van der Waals surface area contributed by atoms with Crippen LogP contribution in [0.25, 0.3) is 0 Å². The highest BCUT2D eigenvalue weighted by atomic mass is 35.5. The van der Waals surface area contributed by atoms with E-state index in [4.69, 9.17) is 16.7 Å². The molecule has 7 heteroatoms. The zero-order valence-electron chi connectivity index (χ0n) is 10.2. The molecule has 0 aliphatic carbocycles. The lowest BCUT2D eigenvalue weighted by Crippen LogP contribution is -2.23. The summed E-state index contributed by atoms with van der Waals surface area (Å²) in [4.78, 5) is 23.3. The highest BCUT2D eigenvalue weighted by molar-refractivity contribution is 6.30. The molecular weight excluding hydrogens is 272 g/mol. The third-order valence-corrected chi connectivity index (χ3v) is 3.64. The summed E-state index contributed by atoms with van der Waals surface area (Å²) >= 11 is 5.76. The summed E-state index contributed by atoms with van der Waals surface area (Å²) in [7, 11) is 0. The third-order valence-electron chi connectivity index (χ3n) is 3.40. The second-order valence-corrected chi connectivity index (χ2v) is 5.15. The molecule has 0 amide bonds. The second kappa shape index (κ2) is 5.05. The van der Waals surface area contributed by atoms with Gasteiger partial charge in [-0.3, -0.25) is 14.9 Å². The van der Waals surface area contributed by atoms with Crippen LogP contribution in [-0.4, -0.2) is 29.1 Å². The van der Waals surface area contributed by atoms with E-state index in [1.807, 2.05) is 6.92 Å². The van der Waals surface area contributed by atoms with Gasteiger partial charge >= 0.3 is 5.97 Å². The average Bonchev–Trinajstić information content (AvgIpc) is 2.71. The Hall–Kier alpha value is -1.82. The van der Waals surface area contributed by atoms with E-state index < -0.39 is 16.8 Å². The molecule has 0 saturated carbocycles. The fourth-order valence-corrected chi connectivity index (χ4v) is 2.56. The predicted molar refractivity (Wildman–Crippen MR) is 70.6 cm³/mol. The normalized spacial score (nSPS) is 22.5. The van der Waals surface area contributed by atoms with E-state index in [1.54, 1.807) is 17.0 Å². The number of aliphatic carboxylic acids is 1. The first-order chi connectivity index (χ1) is 8.90. The number of benzene rings is 1. The van der Waals surface area contributed by atoms with Gasteiger partial charge in [-0.2, -0.15) is 0 Å². The molecule has 0 spiro atoms. The Morgan fingerprint density at radius 3 is 2.74 bits per heavy atom. The van der Waals surface area contributed by atoms with Gasteiger partial charge in [0.1, 0.15) is 5.69 Å². The van der Waals surface area contributed by atoms with Crippen LogP contribution >= 0.6 is 11.6 Å². The second-order valence-electron chi connectivity index (χ2n) is 4.72. The van der Waals surface area contributed by atoms with Gasteiger partial charge in [0.25, 0.3) is 5.69 Å². The number of hydrogen-bond acceptors (Lipinski definition) is 4. The van der Waals surface area contributed by atoms with Crippen molar-refractivity contribution in [3.8, 4) is 0 Å². The molecule has 1 aliphatic rings. The fourth-order valence-electron chi connectivity index (χ4n) is 2.40. The van der Waals surface area contributed by atoms with E-state index in [2.05, 4.69) is 0 Å². The van der Waals surface area contributed by atoms with Gasteiger partial charge in [-0.05, 0) is 18.1 Å². The van der Waals surface area contributed by atoms with E-state index in [9.17, 15) is 14.9 Å². The highest BCUT2D eigenvalue weighted by Crippen LogP contribution is 2.35. The molecule has 1 heterocycles. The number of anilines is 1. The summed E-state index contributed by atoms with van der Waals surface area (Å²) < 4.78 is 0. The van der Waals surface area contributed by atoms with Gasteiger partial charge in [-0.15, -0.1) is 0 Å². The minimum absolute atomic E-state index is 0.0483. The largest absolute Gasteiger partial charge is 0.481 e. The number of rotatable bonds is 3. The van der Waals surface area contributed by atoms with Crippen LogP contribution in [-0.2, 0) is 4.79 Å². The van der Waals surface area contributed by atoms with Crippen LogP contribution in [0, 0.1) is 22.0 Å². The number of carboxylic acid groups (broad SMARTS) is 1. The maximum absolute atomic E-state index is 11.1. The van der Waals surface area contributed by atoms with Crippen molar-refractivity contribution in [2.45, 2.75) is 6.92 Å². The van der Waals surface area contributed by atoms with Gasteiger partial charge in [-0.1, -0.05) is 18.5 Å². The summed E-state index contributed by atoms with van der Waals surface area (Å²) in [6.07, 6.45) is 0. The minimum Gasteiger partial charge on any atom is -0.481 e. The molecular formula is C12H13ClN2O4. The first-order valence-corrected chi connectivity index (χ1v) is 6.19. The molecule has 19 heavy (non-hydrogen) atoms. The number of carbonyl (C=O) groups is 1. The monoisotopic (exact) mass is 284 g/mol. The van der Waals surface area contributed by atoms with Gasteiger partial charge < -0.3 is 10.0 Å². The Morgan fingerprint density at radius 1 is 1.53 bits per heavy atom. The van der Waals surface area contributed by atoms with Crippen molar-refractivity contribution in [1.29, 1.82) is 0 Å². The molecule has 1 N–H and O–H groups in total. The molecule has 6 nitrogen and oxygen atoms in total. The Balaban J connectivity index is 2.33. The molecule has 0 bridgehead atoms. The predicted octanol–water partition coefficient (Wildman–Crippen LogP) is 2.41. The Morgan fingerprint density at radius 2 is 2.21 bits per heavy atom. The smallest absolute Gasteiger partial charge is 0.308 e. The van der Waals surface area contributed by atoms with Crippen LogP contribution in [0.15, 0.2) is 18.2 Å². The molecule has 2 unspecified atom stereocenters. The Kier molecular flexibility index (Phi) is 3.61. The lowest BCUT2D eigenvalue weighted by Gasteiger charge is -2.18. The van der Waals surface area contributed by atoms with E-state index >= 15 is 0 Å². The third kappa shape index (κ3) is 2.63. The first-order valence-electron chi connectivity index (χ1n) is 5.82. The van der Waals surface area contributed by atoms with Gasteiger partial charge in [-0.25, -0.2) is 0 Å². The Bertz CT molecular complexity index is 534. The first kappa shape index (κ1) is 13.6. The SMILES string of the molecule is CC1CN(c2ccc(Cl)cc2[N+](=O)[O-])CC1C(=O)O.